The lowest BCUT2D eigenvalue weighted by Crippen LogP contribution is -2.45. The summed E-state index contributed by atoms with van der Waals surface area (Å²) in [6, 6.07) is 7.89. The van der Waals surface area contributed by atoms with Crippen molar-refractivity contribution in [1.82, 2.24) is 9.62 Å². The number of halogens is 3. The molecule has 170 valence electrons. The fourth-order valence-corrected chi connectivity index (χ4v) is 6.51. The SMILES string of the molecule is Cc1ccc(S(=O)(=O)N2CCCC(C(=O)NCC(O)c3ccccc3C(F)(F)F)C2)s1. The van der Waals surface area contributed by atoms with E-state index in [0.717, 1.165) is 28.3 Å². The smallest absolute Gasteiger partial charge is 0.387 e. The van der Waals surface area contributed by atoms with Gasteiger partial charge < -0.3 is 10.4 Å². The van der Waals surface area contributed by atoms with Gasteiger partial charge >= 0.3 is 6.18 Å². The number of thiophene rings is 1. The molecule has 2 atom stereocenters. The van der Waals surface area contributed by atoms with E-state index in [9.17, 15) is 31.5 Å². The van der Waals surface area contributed by atoms with Crippen LogP contribution in [0.15, 0.2) is 40.6 Å². The van der Waals surface area contributed by atoms with Gasteiger partial charge in [0.05, 0.1) is 17.6 Å². The van der Waals surface area contributed by atoms with Crippen molar-refractivity contribution in [2.75, 3.05) is 19.6 Å². The zero-order valence-corrected chi connectivity index (χ0v) is 18.4. The van der Waals surface area contributed by atoms with Crippen LogP contribution in [0.2, 0.25) is 0 Å². The Balaban J connectivity index is 1.64. The number of amides is 1. The molecule has 0 spiro atoms. The normalized spacial score (nSPS) is 19.2. The summed E-state index contributed by atoms with van der Waals surface area (Å²) in [5, 5.41) is 12.7. The average Bonchev–Trinajstić information content (AvgIpc) is 3.18. The van der Waals surface area contributed by atoms with Gasteiger partial charge in [-0.05, 0) is 43.5 Å². The molecular weight excluding hydrogens is 453 g/mol. The molecule has 1 aromatic carbocycles. The fourth-order valence-electron chi connectivity index (χ4n) is 3.55. The van der Waals surface area contributed by atoms with Crippen LogP contribution in [0.25, 0.3) is 0 Å². The minimum Gasteiger partial charge on any atom is -0.387 e. The monoisotopic (exact) mass is 476 g/mol. The number of hydrogen-bond donors (Lipinski definition) is 2. The zero-order valence-electron chi connectivity index (χ0n) is 16.7. The molecule has 0 bridgehead atoms. The van der Waals surface area contributed by atoms with Crippen LogP contribution < -0.4 is 5.32 Å². The lowest BCUT2D eigenvalue weighted by atomic mass is 9.98. The molecule has 31 heavy (non-hydrogen) atoms. The van der Waals surface area contributed by atoms with Crippen LogP contribution >= 0.6 is 11.3 Å². The predicted octanol–water partition coefficient (Wildman–Crippen LogP) is 3.33. The van der Waals surface area contributed by atoms with Gasteiger partial charge in [0.2, 0.25) is 5.91 Å². The second kappa shape index (κ2) is 9.27. The Labute approximate surface area is 182 Å². The van der Waals surface area contributed by atoms with E-state index in [1.807, 2.05) is 0 Å². The number of aryl methyl sites for hydroxylation is 1. The second-order valence-electron chi connectivity index (χ2n) is 7.41. The second-order valence-corrected chi connectivity index (χ2v) is 10.9. The number of aliphatic hydroxyl groups is 1. The number of piperidine rings is 1. The van der Waals surface area contributed by atoms with Crippen molar-refractivity contribution in [3.05, 3.63) is 52.4 Å². The van der Waals surface area contributed by atoms with Crippen LogP contribution in [0.4, 0.5) is 13.2 Å². The summed E-state index contributed by atoms with van der Waals surface area (Å²) in [6.45, 7) is 1.68. The quantitative estimate of drug-likeness (QED) is 0.670. The molecule has 2 unspecified atom stereocenters. The third-order valence-electron chi connectivity index (χ3n) is 5.16. The molecule has 3 rings (SSSR count). The van der Waals surface area contributed by atoms with E-state index in [1.54, 1.807) is 13.0 Å². The summed E-state index contributed by atoms with van der Waals surface area (Å²) in [5.74, 6) is -1.14. The van der Waals surface area contributed by atoms with Crippen LogP contribution in [0.3, 0.4) is 0 Å². The number of aliphatic hydroxyl groups excluding tert-OH is 1. The Bertz CT molecular complexity index is 1040. The van der Waals surface area contributed by atoms with Gasteiger partial charge in [-0.15, -0.1) is 11.3 Å². The van der Waals surface area contributed by atoms with Crippen molar-refractivity contribution in [3.63, 3.8) is 0 Å². The molecule has 0 radical (unpaired) electrons. The van der Waals surface area contributed by atoms with Crippen molar-refractivity contribution in [2.24, 2.45) is 5.92 Å². The van der Waals surface area contributed by atoms with E-state index in [2.05, 4.69) is 5.32 Å². The van der Waals surface area contributed by atoms with E-state index < -0.39 is 46.2 Å². The molecule has 1 aromatic heterocycles. The van der Waals surface area contributed by atoms with Crippen LogP contribution in [0, 0.1) is 12.8 Å². The Hall–Kier alpha value is -1.95. The van der Waals surface area contributed by atoms with Crippen molar-refractivity contribution < 1.29 is 31.5 Å². The molecule has 1 saturated heterocycles. The fraction of sp³-hybridized carbons (Fsp3) is 0.450. The topological polar surface area (TPSA) is 86.7 Å². The Morgan fingerprint density at radius 2 is 2.00 bits per heavy atom. The Morgan fingerprint density at radius 3 is 2.65 bits per heavy atom. The number of hydrogen-bond acceptors (Lipinski definition) is 5. The standard InChI is InChI=1S/C20H23F3N2O4S2/c1-13-8-9-18(30-13)31(28,29)25-10-4-5-14(12-25)19(27)24-11-17(26)15-6-2-3-7-16(15)20(21,22)23/h2-3,6-9,14,17,26H,4-5,10-12H2,1H3,(H,24,27). The Morgan fingerprint density at radius 1 is 1.29 bits per heavy atom. The first-order valence-electron chi connectivity index (χ1n) is 9.68. The van der Waals surface area contributed by atoms with Crippen LogP contribution in [-0.2, 0) is 21.0 Å². The summed E-state index contributed by atoms with van der Waals surface area (Å²) in [6.07, 6.45) is -5.23. The van der Waals surface area contributed by atoms with E-state index in [4.69, 9.17) is 0 Å². The van der Waals surface area contributed by atoms with Gasteiger partial charge in [0.1, 0.15) is 4.21 Å². The van der Waals surface area contributed by atoms with Crippen LogP contribution in [0.1, 0.15) is 34.9 Å². The highest BCUT2D eigenvalue weighted by atomic mass is 32.2. The molecule has 2 heterocycles. The first kappa shape index (κ1) is 23.7. The molecular formula is C20H23F3N2O4S2. The lowest BCUT2D eigenvalue weighted by molar-refractivity contribution is -0.139. The zero-order chi connectivity index (χ0) is 22.8. The van der Waals surface area contributed by atoms with Gasteiger partial charge in [0, 0.05) is 24.5 Å². The molecule has 6 nitrogen and oxygen atoms in total. The number of benzene rings is 1. The van der Waals surface area contributed by atoms with Gasteiger partial charge in [-0.3, -0.25) is 4.79 Å². The van der Waals surface area contributed by atoms with E-state index in [1.165, 1.54) is 22.5 Å². The third kappa shape index (κ3) is 5.46. The first-order valence-corrected chi connectivity index (χ1v) is 11.9. The van der Waals surface area contributed by atoms with Crippen molar-refractivity contribution in [1.29, 1.82) is 0 Å². The summed E-state index contributed by atoms with van der Waals surface area (Å²) in [7, 11) is -3.71. The Kier molecular flexibility index (Phi) is 7.09. The first-order chi connectivity index (χ1) is 14.5. The minimum atomic E-state index is -4.63. The maximum absolute atomic E-state index is 13.1. The van der Waals surface area contributed by atoms with Crippen LogP contribution in [-0.4, -0.2) is 43.4 Å². The van der Waals surface area contributed by atoms with Gasteiger partial charge in [0.15, 0.2) is 0 Å². The van der Waals surface area contributed by atoms with Gasteiger partial charge in [-0.1, -0.05) is 18.2 Å². The third-order valence-corrected chi connectivity index (χ3v) is 8.49. The maximum atomic E-state index is 13.1. The van der Waals surface area contributed by atoms with Gasteiger partial charge in [-0.2, -0.15) is 17.5 Å². The molecule has 1 aliphatic rings. The number of rotatable bonds is 6. The minimum absolute atomic E-state index is 0.0135. The highest BCUT2D eigenvalue weighted by Crippen LogP contribution is 2.34. The molecule has 0 aliphatic carbocycles. The summed E-state index contributed by atoms with van der Waals surface area (Å²) in [5.41, 5.74) is -1.28. The van der Waals surface area contributed by atoms with Crippen molar-refractivity contribution in [2.45, 2.75) is 36.3 Å². The number of alkyl halides is 3. The lowest BCUT2D eigenvalue weighted by Gasteiger charge is -2.31. The van der Waals surface area contributed by atoms with Gasteiger partial charge in [-0.25, -0.2) is 8.42 Å². The number of nitrogens with zero attached hydrogens (tertiary/aromatic N) is 1. The van der Waals surface area contributed by atoms with Crippen molar-refractivity contribution in [3.8, 4) is 0 Å². The summed E-state index contributed by atoms with van der Waals surface area (Å²) in [4.78, 5) is 13.4. The highest BCUT2D eigenvalue weighted by molar-refractivity contribution is 7.91. The number of sulfonamides is 1. The number of carbonyl (C=O) groups is 1. The molecule has 1 aliphatic heterocycles. The highest BCUT2D eigenvalue weighted by Gasteiger charge is 2.36. The van der Waals surface area contributed by atoms with Crippen molar-refractivity contribution >= 4 is 27.3 Å². The summed E-state index contributed by atoms with van der Waals surface area (Å²) >= 11 is 1.16. The molecule has 0 saturated carbocycles. The molecule has 2 aromatic rings. The van der Waals surface area contributed by atoms with Gasteiger partial charge in [0.25, 0.3) is 10.0 Å². The molecule has 11 heteroatoms. The number of nitrogens with one attached hydrogen (secondary N) is 1. The molecule has 1 fully saturated rings. The maximum Gasteiger partial charge on any atom is 0.416 e. The summed E-state index contributed by atoms with van der Waals surface area (Å²) < 4.78 is 66.5. The molecule has 2 N–H and O–H groups in total. The predicted molar refractivity (Wildman–Crippen MR) is 110 cm³/mol. The average molecular weight is 477 g/mol. The largest absolute Gasteiger partial charge is 0.416 e. The number of carbonyl (C=O) groups excluding carboxylic acids is 1. The molecule has 1 amide bonds. The van der Waals surface area contributed by atoms with Crippen LogP contribution in [0.5, 0.6) is 0 Å². The van der Waals surface area contributed by atoms with E-state index in [-0.39, 0.29) is 16.3 Å². The van der Waals surface area contributed by atoms with E-state index >= 15 is 0 Å². The van der Waals surface area contributed by atoms with E-state index in [0.29, 0.717) is 19.4 Å².